The summed E-state index contributed by atoms with van der Waals surface area (Å²) in [5.41, 5.74) is 35.4. The molecule has 16 rings (SSSR count). The van der Waals surface area contributed by atoms with Crippen molar-refractivity contribution in [1.29, 1.82) is 0 Å². The minimum Gasteiger partial charge on any atom is -0.261 e. The van der Waals surface area contributed by atoms with E-state index in [0.717, 1.165) is 54.6 Å². The van der Waals surface area contributed by atoms with E-state index in [0.29, 0.717) is 0 Å². The van der Waals surface area contributed by atoms with Gasteiger partial charge in [-0.05, 0) is 136 Å². The van der Waals surface area contributed by atoms with E-state index in [1.165, 1.54) is 128 Å². The fraction of sp³-hybridized carbons (Fsp3) is 0.158. The van der Waals surface area contributed by atoms with E-state index in [9.17, 15) is 0 Å². The number of rotatable bonds is 4. The molecule has 0 amide bonds. The van der Waals surface area contributed by atoms with Crippen molar-refractivity contribution in [3.63, 3.8) is 0 Å². The molecule has 84 heavy (non-hydrogen) atoms. The molecular formula is C76H68N8+4. The Hall–Kier alpha value is -9.92. The van der Waals surface area contributed by atoms with Crippen molar-refractivity contribution in [2.24, 2.45) is 0 Å². The zero-order valence-corrected chi connectivity index (χ0v) is 49.2. The minimum absolute atomic E-state index is 0.938. The summed E-state index contributed by atoms with van der Waals surface area (Å²) in [6.07, 6.45) is 14.6. The Morgan fingerprint density at radius 3 is 1.39 bits per heavy atom. The van der Waals surface area contributed by atoms with Gasteiger partial charge in [0.1, 0.15) is 0 Å². The molecule has 408 valence electrons. The van der Waals surface area contributed by atoms with Crippen molar-refractivity contribution >= 4 is 0 Å². The summed E-state index contributed by atoms with van der Waals surface area (Å²) in [4.78, 5) is 18.2. The predicted octanol–water partition coefficient (Wildman–Crippen LogP) is 14.7. The third-order valence-corrected chi connectivity index (χ3v) is 17.1. The summed E-state index contributed by atoms with van der Waals surface area (Å²) in [7, 11) is 0. The molecule has 0 spiro atoms. The highest BCUT2D eigenvalue weighted by Gasteiger charge is 2.33. The van der Waals surface area contributed by atoms with Gasteiger partial charge in [-0.1, -0.05) is 103 Å². The standard InChI is InChI=1S/4C19H17N2/c1-13-7-3-4-8-16(13)17-11-15-12-21-10-6-5-9-18(21)19(15)14(2)20-17;1-13-5-3-4-6-17(13)15-8-10-21-12-16-7-9-20-14(2)19(16)18(21)11-15;1-13-5-3-4-6-17(13)15-7-8-18-19-14(2)20-10-9-16(19)12-21(18)11-15;1-13-11-21-12-16-8-9-20-14(2)19(16)18(21)10-17(13)15-6-4-3-5-7-15/h4*3-11H,12H2,1-2H3/q4*+1. The quantitative estimate of drug-likeness (QED) is 0.165. The lowest BCUT2D eigenvalue weighted by atomic mass is 9.99. The Bertz CT molecular complexity index is 4540. The molecule has 8 heteroatoms. The highest BCUT2D eigenvalue weighted by molar-refractivity contribution is 5.77. The average molecular weight is 1090 g/mol. The minimum atomic E-state index is 0.938. The zero-order valence-electron chi connectivity index (χ0n) is 49.2. The number of benzene rings is 4. The first-order valence-electron chi connectivity index (χ1n) is 29.1. The Morgan fingerprint density at radius 2 is 0.774 bits per heavy atom. The Morgan fingerprint density at radius 1 is 0.298 bits per heavy atom. The average Bonchev–Trinajstić information content (AvgIpc) is 4.45. The van der Waals surface area contributed by atoms with Gasteiger partial charge in [0, 0.05) is 93.9 Å². The first kappa shape index (κ1) is 53.4. The molecular weight excluding hydrogens is 1020 g/mol. The van der Waals surface area contributed by atoms with Crippen LogP contribution in [0, 0.1) is 55.4 Å². The second-order valence-corrected chi connectivity index (χ2v) is 22.7. The van der Waals surface area contributed by atoms with Crippen molar-refractivity contribution in [2.75, 3.05) is 0 Å². The third-order valence-electron chi connectivity index (χ3n) is 17.1. The smallest absolute Gasteiger partial charge is 0.215 e. The molecule has 12 heterocycles. The lowest BCUT2D eigenvalue weighted by Crippen LogP contribution is -2.32. The van der Waals surface area contributed by atoms with Crippen LogP contribution in [0.1, 0.15) is 67.3 Å². The summed E-state index contributed by atoms with van der Waals surface area (Å²) >= 11 is 0. The lowest BCUT2D eigenvalue weighted by Gasteiger charge is -2.08. The van der Waals surface area contributed by atoms with Gasteiger partial charge >= 0.3 is 0 Å². The van der Waals surface area contributed by atoms with Crippen LogP contribution < -0.4 is 18.3 Å². The molecule has 4 aromatic carbocycles. The normalized spacial score (nSPS) is 12.1. The number of hydrogen-bond acceptors (Lipinski definition) is 4. The number of pyridine rings is 8. The number of aromatic nitrogens is 8. The molecule has 0 fully saturated rings. The molecule has 8 aromatic heterocycles. The fourth-order valence-electron chi connectivity index (χ4n) is 13.0. The number of fused-ring (bicyclic) bond motifs is 12. The highest BCUT2D eigenvalue weighted by atomic mass is 15.0. The van der Waals surface area contributed by atoms with Crippen LogP contribution in [0.25, 0.3) is 89.7 Å². The predicted molar refractivity (Wildman–Crippen MR) is 336 cm³/mol. The molecule has 0 bridgehead atoms. The summed E-state index contributed by atoms with van der Waals surface area (Å²) in [6, 6.07) is 62.4. The SMILES string of the molecule is Cc1c[n+]2c(cc1-c1ccccc1)-c1c(ccnc1C)C2.Cc1ccccc1-c1cc2c(c(C)n1)-c1cccc[n+]1C2.Cc1ccccc1-c1cc[n+]2c(c1)-c1c(ccnc1C)C2.Cc1ccccc1-c1ccc2[n+](c1)Cc1ccnc(C)c1-2. The number of aryl methyl sites for hydroxylation is 8. The van der Waals surface area contributed by atoms with Gasteiger partial charge in [-0.2, -0.15) is 18.3 Å². The van der Waals surface area contributed by atoms with Crippen molar-refractivity contribution in [2.45, 2.75) is 81.6 Å². The first-order valence-corrected chi connectivity index (χ1v) is 29.1. The second kappa shape index (κ2) is 22.4. The van der Waals surface area contributed by atoms with Gasteiger partial charge in [-0.15, -0.1) is 0 Å². The number of nitrogens with zero attached hydrogens (tertiary/aromatic N) is 8. The van der Waals surface area contributed by atoms with Crippen LogP contribution in [0.2, 0.25) is 0 Å². The molecule has 0 saturated carbocycles. The zero-order chi connectivity index (χ0) is 57.6. The highest BCUT2D eigenvalue weighted by Crippen LogP contribution is 2.37. The Kier molecular flexibility index (Phi) is 14.3. The van der Waals surface area contributed by atoms with E-state index in [4.69, 9.17) is 4.98 Å². The van der Waals surface area contributed by atoms with Gasteiger partial charge in [0.25, 0.3) is 0 Å². The van der Waals surface area contributed by atoms with Crippen LogP contribution in [0.3, 0.4) is 0 Å². The van der Waals surface area contributed by atoms with Gasteiger partial charge in [-0.25, -0.2) is 0 Å². The molecule has 12 aromatic rings. The van der Waals surface area contributed by atoms with Gasteiger partial charge in [-0.3, -0.25) is 19.9 Å². The van der Waals surface area contributed by atoms with Crippen LogP contribution >= 0.6 is 0 Å². The largest absolute Gasteiger partial charge is 0.261 e. The summed E-state index contributed by atoms with van der Waals surface area (Å²) < 4.78 is 9.27. The van der Waals surface area contributed by atoms with Crippen LogP contribution in [-0.2, 0) is 26.2 Å². The summed E-state index contributed by atoms with van der Waals surface area (Å²) in [5.74, 6) is 0. The van der Waals surface area contributed by atoms with Crippen molar-refractivity contribution in [1.82, 2.24) is 19.9 Å². The monoisotopic (exact) mass is 1090 g/mol. The Labute approximate surface area is 493 Å². The first-order chi connectivity index (χ1) is 40.9. The van der Waals surface area contributed by atoms with Gasteiger partial charge in [0.05, 0.1) is 50.7 Å². The lowest BCUT2D eigenvalue weighted by molar-refractivity contribution is -0.672. The second-order valence-electron chi connectivity index (χ2n) is 22.7. The van der Waals surface area contributed by atoms with Crippen LogP contribution in [0.15, 0.2) is 219 Å². The van der Waals surface area contributed by atoms with Gasteiger partial charge in [0.15, 0.2) is 51.0 Å². The van der Waals surface area contributed by atoms with Gasteiger partial charge < -0.3 is 0 Å². The van der Waals surface area contributed by atoms with E-state index in [1.54, 1.807) is 0 Å². The Balaban J connectivity index is 0.000000104. The topological polar surface area (TPSA) is 67.1 Å². The molecule has 0 saturated heterocycles. The molecule has 0 N–H and O–H groups in total. The maximum absolute atomic E-state index is 4.86. The van der Waals surface area contributed by atoms with Crippen molar-refractivity contribution < 1.29 is 18.3 Å². The number of hydrogen-bond donors (Lipinski definition) is 0. The maximum atomic E-state index is 4.86. The van der Waals surface area contributed by atoms with E-state index in [1.807, 2.05) is 18.6 Å². The van der Waals surface area contributed by atoms with Crippen molar-refractivity contribution in [3.05, 3.63) is 287 Å². The molecule has 8 nitrogen and oxygen atoms in total. The van der Waals surface area contributed by atoms with Crippen molar-refractivity contribution in [3.8, 4) is 89.7 Å². The molecule has 0 atom stereocenters. The maximum Gasteiger partial charge on any atom is 0.215 e. The van der Waals surface area contributed by atoms with E-state index in [-0.39, 0.29) is 0 Å². The van der Waals surface area contributed by atoms with Crippen LogP contribution in [0.4, 0.5) is 0 Å². The van der Waals surface area contributed by atoms with E-state index in [2.05, 4.69) is 289 Å². The third kappa shape index (κ3) is 10.1. The van der Waals surface area contributed by atoms with Gasteiger partial charge in [0.2, 0.25) is 22.8 Å². The van der Waals surface area contributed by atoms with Crippen LogP contribution in [-0.4, -0.2) is 19.9 Å². The molecule has 4 aliphatic rings. The molecule has 0 unspecified atom stereocenters. The molecule has 0 radical (unpaired) electrons. The fourth-order valence-corrected chi connectivity index (χ4v) is 13.0. The van der Waals surface area contributed by atoms with E-state index >= 15 is 0 Å². The molecule has 0 aliphatic carbocycles. The van der Waals surface area contributed by atoms with E-state index < -0.39 is 0 Å². The van der Waals surface area contributed by atoms with Crippen LogP contribution in [0.5, 0.6) is 0 Å². The summed E-state index contributed by atoms with van der Waals surface area (Å²) in [5, 5.41) is 0. The summed E-state index contributed by atoms with van der Waals surface area (Å²) in [6.45, 7) is 20.8. The molecule has 4 aliphatic heterocycles.